The van der Waals surface area contributed by atoms with Crippen molar-refractivity contribution in [3.63, 3.8) is 0 Å². The predicted molar refractivity (Wildman–Crippen MR) is 72.3 cm³/mol. The van der Waals surface area contributed by atoms with E-state index in [1.165, 1.54) is 4.90 Å². The molecule has 0 N–H and O–H groups in total. The third kappa shape index (κ3) is 2.41. The van der Waals surface area contributed by atoms with Crippen molar-refractivity contribution < 1.29 is 14.3 Å². The van der Waals surface area contributed by atoms with E-state index in [0.29, 0.717) is 24.5 Å². The van der Waals surface area contributed by atoms with Crippen LogP contribution in [0, 0.1) is 5.92 Å². The second-order valence-corrected chi connectivity index (χ2v) is 4.60. The van der Waals surface area contributed by atoms with Crippen LogP contribution in [-0.4, -0.2) is 37.0 Å². The van der Waals surface area contributed by atoms with Gasteiger partial charge in [-0.1, -0.05) is 13.0 Å². The van der Waals surface area contributed by atoms with Crippen LogP contribution in [0.3, 0.4) is 0 Å². The molecule has 5 nitrogen and oxygen atoms in total. The van der Waals surface area contributed by atoms with Gasteiger partial charge in [0, 0.05) is 19.2 Å². The quantitative estimate of drug-likeness (QED) is 0.838. The van der Waals surface area contributed by atoms with Crippen molar-refractivity contribution in [1.29, 1.82) is 0 Å². The summed E-state index contributed by atoms with van der Waals surface area (Å²) < 4.78 is 5.13. The number of amides is 3. The molecule has 1 aromatic carbocycles. The Balaban J connectivity index is 2.38. The zero-order valence-electron chi connectivity index (χ0n) is 11.4. The Hall–Kier alpha value is -2.04. The van der Waals surface area contributed by atoms with Crippen molar-refractivity contribution in [2.45, 2.75) is 13.8 Å². The maximum absolute atomic E-state index is 12.3. The third-order valence-corrected chi connectivity index (χ3v) is 3.29. The highest BCUT2D eigenvalue weighted by Crippen LogP contribution is 2.26. The summed E-state index contributed by atoms with van der Waals surface area (Å²) in [7, 11) is 1.56. The lowest BCUT2D eigenvalue weighted by molar-refractivity contribution is -0.122. The molecule has 102 valence electrons. The lowest BCUT2D eigenvalue weighted by Crippen LogP contribution is -2.56. The van der Waals surface area contributed by atoms with Gasteiger partial charge in [-0.2, -0.15) is 0 Å². The van der Waals surface area contributed by atoms with Crippen LogP contribution in [0.25, 0.3) is 0 Å². The second kappa shape index (κ2) is 5.30. The Morgan fingerprint density at radius 3 is 2.74 bits per heavy atom. The van der Waals surface area contributed by atoms with Crippen molar-refractivity contribution in [3.05, 3.63) is 24.3 Å². The molecule has 19 heavy (non-hydrogen) atoms. The fourth-order valence-electron chi connectivity index (χ4n) is 2.19. The van der Waals surface area contributed by atoms with Crippen LogP contribution >= 0.6 is 0 Å². The highest BCUT2D eigenvalue weighted by atomic mass is 16.5. The van der Waals surface area contributed by atoms with Gasteiger partial charge >= 0.3 is 6.03 Å². The van der Waals surface area contributed by atoms with Crippen LogP contribution in [0.4, 0.5) is 10.5 Å². The lowest BCUT2D eigenvalue weighted by atomic mass is 10.1. The second-order valence-electron chi connectivity index (χ2n) is 4.60. The van der Waals surface area contributed by atoms with Crippen molar-refractivity contribution in [2.24, 2.45) is 5.92 Å². The van der Waals surface area contributed by atoms with E-state index in [1.54, 1.807) is 36.3 Å². The minimum atomic E-state index is -0.265. The number of rotatable bonds is 3. The monoisotopic (exact) mass is 262 g/mol. The molecule has 0 aliphatic carbocycles. The normalized spacial score (nSPS) is 19.8. The number of urea groups is 1. The Morgan fingerprint density at radius 2 is 2.11 bits per heavy atom. The van der Waals surface area contributed by atoms with Gasteiger partial charge in [0.15, 0.2) is 0 Å². The van der Waals surface area contributed by atoms with Crippen LogP contribution in [-0.2, 0) is 4.79 Å². The average molecular weight is 262 g/mol. The highest BCUT2D eigenvalue weighted by Gasteiger charge is 2.37. The average Bonchev–Trinajstić information content (AvgIpc) is 2.43. The van der Waals surface area contributed by atoms with Crippen LogP contribution in [0.15, 0.2) is 24.3 Å². The van der Waals surface area contributed by atoms with Gasteiger partial charge in [0.1, 0.15) is 5.75 Å². The summed E-state index contributed by atoms with van der Waals surface area (Å²) in [6.07, 6.45) is 0. The highest BCUT2D eigenvalue weighted by molar-refractivity contribution is 6.16. The number of anilines is 1. The number of carbonyl (C=O) groups excluding carboxylic acids is 2. The largest absolute Gasteiger partial charge is 0.497 e. The number of hydrogen-bond donors (Lipinski definition) is 0. The fourth-order valence-corrected chi connectivity index (χ4v) is 2.19. The zero-order valence-corrected chi connectivity index (χ0v) is 11.4. The van der Waals surface area contributed by atoms with E-state index in [9.17, 15) is 9.59 Å². The van der Waals surface area contributed by atoms with Gasteiger partial charge in [-0.05, 0) is 19.1 Å². The molecular weight excluding hydrogens is 244 g/mol. The number of ether oxygens (including phenoxy) is 1. The lowest BCUT2D eigenvalue weighted by Gasteiger charge is -2.36. The molecule has 1 aliphatic rings. The molecule has 1 saturated heterocycles. The van der Waals surface area contributed by atoms with Gasteiger partial charge in [0.25, 0.3) is 0 Å². The SMILES string of the molecule is CCN1CC(C)C(=O)N(c2cccc(OC)c2)C1=O. The molecule has 1 fully saturated rings. The van der Waals surface area contributed by atoms with E-state index in [4.69, 9.17) is 4.74 Å². The number of nitrogens with zero attached hydrogens (tertiary/aromatic N) is 2. The van der Waals surface area contributed by atoms with Crippen molar-refractivity contribution in [2.75, 3.05) is 25.1 Å². The first-order chi connectivity index (χ1) is 9.08. The first-order valence-electron chi connectivity index (χ1n) is 6.35. The van der Waals surface area contributed by atoms with Crippen LogP contribution in [0.2, 0.25) is 0 Å². The topological polar surface area (TPSA) is 49.9 Å². The molecule has 1 atom stereocenters. The summed E-state index contributed by atoms with van der Waals surface area (Å²) in [6.45, 7) is 4.82. The summed E-state index contributed by atoms with van der Waals surface area (Å²) in [5, 5.41) is 0. The van der Waals surface area contributed by atoms with E-state index in [-0.39, 0.29) is 17.9 Å². The van der Waals surface area contributed by atoms with Gasteiger partial charge in [-0.3, -0.25) is 4.79 Å². The number of methoxy groups -OCH3 is 1. The minimum absolute atomic E-state index is 0.164. The molecule has 0 spiro atoms. The summed E-state index contributed by atoms with van der Waals surface area (Å²) in [4.78, 5) is 27.4. The Morgan fingerprint density at radius 1 is 1.37 bits per heavy atom. The van der Waals surface area contributed by atoms with E-state index in [2.05, 4.69) is 0 Å². The molecule has 2 rings (SSSR count). The minimum Gasteiger partial charge on any atom is -0.497 e. The molecule has 1 heterocycles. The Kier molecular flexibility index (Phi) is 3.74. The number of benzene rings is 1. The summed E-state index contributed by atoms with van der Waals surface area (Å²) in [6, 6.07) is 6.72. The van der Waals surface area contributed by atoms with E-state index in [0.717, 1.165) is 0 Å². The van der Waals surface area contributed by atoms with Gasteiger partial charge in [-0.25, -0.2) is 9.69 Å². The molecule has 1 aromatic rings. The van der Waals surface area contributed by atoms with Gasteiger partial charge in [0.05, 0.1) is 18.7 Å². The third-order valence-electron chi connectivity index (χ3n) is 3.29. The summed E-state index contributed by atoms with van der Waals surface area (Å²) in [5.74, 6) is 0.270. The van der Waals surface area contributed by atoms with Gasteiger partial charge < -0.3 is 9.64 Å². The van der Waals surface area contributed by atoms with Crippen molar-refractivity contribution in [3.8, 4) is 5.75 Å². The smallest absolute Gasteiger partial charge is 0.331 e. The number of hydrogen-bond acceptors (Lipinski definition) is 3. The molecule has 0 saturated carbocycles. The van der Waals surface area contributed by atoms with Crippen LogP contribution < -0.4 is 9.64 Å². The van der Waals surface area contributed by atoms with Crippen LogP contribution in [0.5, 0.6) is 5.75 Å². The predicted octanol–water partition coefficient (Wildman–Crippen LogP) is 2.12. The standard InChI is InChI=1S/C14H18N2O3/c1-4-15-9-10(2)13(17)16(14(15)18)11-6-5-7-12(8-11)19-3/h5-8,10H,4,9H2,1-3H3. The maximum atomic E-state index is 12.3. The molecule has 1 aliphatic heterocycles. The van der Waals surface area contributed by atoms with Gasteiger partial charge in [0.2, 0.25) is 5.91 Å². The Bertz CT molecular complexity index is 501. The molecular formula is C14H18N2O3. The van der Waals surface area contributed by atoms with E-state index < -0.39 is 0 Å². The molecule has 3 amide bonds. The number of carbonyl (C=O) groups is 2. The van der Waals surface area contributed by atoms with Crippen LogP contribution in [0.1, 0.15) is 13.8 Å². The van der Waals surface area contributed by atoms with Gasteiger partial charge in [-0.15, -0.1) is 0 Å². The Labute approximate surface area is 112 Å². The van der Waals surface area contributed by atoms with Crippen molar-refractivity contribution >= 4 is 17.6 Å². The summed E-state index contributed by atoms with van der Waals surface area (Å²) >= 11 is 0. The van der Waals surface area contributed by atoms with Crippen molar-refractivity contribution in [1.82, 2.24) is 4.90 Å². The number of imide groups is 1. The van der Waals surface area contributed by atoms with E-state index in [1.807, 2.05) is 13.8 Å². The molecule has 0 bridgehead atoms. The van der Waals surface area contributed by atoms with E-state index >= 15 is 0 Å². The molecule has 5 heteroatoms. The molecule has 1 unspecified atom stereocenters. The molecule has 0 radical (unpaired) electrons. The first kappa shape index (κ1) is 13.4. The fraction of sp³-hybridized carbons (Fsp3) is 0.429. The first-order valence-corrected chi connectivity index (χ1v) is 6.35. The molecule has 0 aromatic heterocycles. The summed E-state index contributed by atoms with van der Waals surface area (Å²) in [5.41, 5.74) is 0.555. The zero-order chi connectivity index (χ0) is 14.0. The maximum Gasteiger partial charge on any atom is 0.331 e.